The Labute approximate surface area is 402 Å². The van der Waals surface area contributed by atoms with E-state index in [-0.39, 0.29) is 23.1 Å². The van der Waals surface area contributed by atoms with Gasteiger partial charge in [-0.25, -0.2) is 0 Å². The molecule has 332 valence electrons. The summed E-state index contributed by atoms with van der Waals surface area (Å²) in [6.45, 7) is 0. The van der Waals surface area contributed by atoms with E-state index in [1.807, 2.05) is 0 Å². The number of benzene rings is 8. The van der Waals surface area contributed by atoms with E-state index in [9.17, 15) is 0 Å². The van der Waals surface area contributed by atoms with E-state index in [2.05, 4.69) is 243 Å². The molecule has 2 heterocycles. The molecule has 0 aromatic heterocycles. The Balaban J connectivity index is 0.000000166. The third kappa shape index (κ3) is 10.7. The normalized spacial score (nSPS) is 20.3. The summed E-state index contributed by atoms with van der Waals surface area (Å²) in [7, 11) is -2.56. The minimum Gasteiger partial charge on any atom is -0.122 e. The highest BCUT2D eigenvalue weighted by Crippen LogP contribution is 2.71. The summed E-state index contributed by atoms with van der Waals surface area (Å²) in [5.74, 6) is 0. The lowest BCUT2D eigenvalue weighted by Gasteiger charge is -2.42. The molecule has 2 aliphatic rings. The molecule has 8 aromatic carbocycles. The SMILES string of the molecule is [BH3-][P+]1(c2ccccc2)CCCC1CC(c1ccccc1)[P+]([BH3-])(c1ccccc1)c1ccccc1.c1ccc(C(CC2CCCP2c2ccccc2)P(c2ccccc2)c2ccccc2)cc1. The predicted molar refractivity (Wildman–Crippen MR) is 307 cm³/mol. The molecule has 8 aromatic rings. The Bertz CT molecular complexity index is 2570. The van der Waals surface area contributed by atoms with Crippen molar-refractivity contribution in [2.75, 3.05) is 12.3 Å². The topological polar surface area (TPSA) is 0 Å². The minimum atomic E-state index is -1.41. The maximum Gasteiger partial charge on any atom is 0.139 e. The second-order valence-electron chi connectivity index (χ2n) is 17.1. The molecule has 2 fully saturated rings. The molecule has 2 aliphatic heterocycles. The van der Waals surface area contributed by atoms with E-state index in [0.29, 0.717) is 11.3 Å². The fourth-order valence-corrected chi connectivity index (χ4v) is 22.5. The Morgan fingerprint density at radius 3 is 1.45 bits per heavy atom. The third-order valence-corrected chi connectivity index (χ3v) is 25.0. The first-order valence-corrected chi connectivity index (χ1v) is 29.3. The second-order valence-corrected chi connectivity index (χ2v) is 27.1. The fourth-order valence-electron chi connectivity index (χ4n) is 10.1. The minimum absolute atomic E-state index is 0.0472. The van der Waals surface area contributed by atoms with Crippen molar-refractivity contribution in [3.05, 3.63) is 254 Å². The molecule has 0 spiro atoms. The predicted octanol–water partition coefficient (Wildman–Crippen LogP) is 12.1. The third-order valence-electron chi connectivity index (χ3n) is 13.1. The van der Waals surface area contributed by atoms with Gasteiger partial charge in [0.2, 0.25) is 0 Å². The van der Waals surface area contributed by atoms with Crippen LogP contribution in [0, 0.1) is 0 Å². The van der Waals surface area contributed by atoms with Gasteiger partial charge in [-0.3, -0.25) is 0 Å². The van der Waals surface area contributed by atoms with Crippen LogP contribution in [-0.2, 0) is 0 Å². The van der Waals surface area contributed by atoms with Crippen LogP contribution in [0.3, 0.4) is 0 Å². The molecule has 0 bridgehead atoms. The average Bonchev–Trinajstić information content (AvgIpc) is 4.04. The first-order chi connectivity index (χ1) is 32.5. The van der Waals surface area contributed by atoms with Gasteiger partial charge in [0, 0.05) is 29.2 Å². The number of rotatable bonds is 14. The van der Waals surface area contributed by atoms with Crippen molar-refractivity contribution in [1.29, 1.82) is 0 Å². The Hall–Kier alpha value is -4.39. The highest BCUT2D eigenvalue weighted by atomic mass is 31.2. The van der Waals surface area contributed by atoms with Crippen molar-refractivity contribution < 1.29 is 0 Å². The van der Waals surface area contributed by atoms with Crippen LogP contribution in [0.1, 0.15) is 61.0 Å². The monoisotopic (exact) mass is 932 g/mol. The Morgan fingerprint density at radius 1 is 0.500 bits per heavy atom. The lowest BCUT2D eigenvalue weighted by molar-refractivity contribution is 0.698. The molecule has 0 N–H and O–H groups in total. The molecular formula is C60H66B2P4. The molecule has 6 heteroatoms. The van der Waals surface area contributed by atoms with E-state index in [1.54, 1.807) is 26.8 Å². The van der Waals surface area contributed by atoms with Gasteiger partial charge in [-0.15, -0.1) is 7.14 Å². The van der Waals surface area contributed by atoms with Gasteiger partial charge in [0.05, 0.1) is 16.3 Å². The largest absolute Gasteiger partial charge is 0.139 e. The highest BCUT2D eigenvalue weighted by molar-refractivity contribution is 8.08. The van der Waals surface area contributed by atoms with Crippen LogP contribution < -0.4 is 31.8 Å². The molecule has 0 aliphatic carbocycles. The average molecular weight is 933 g/mol. The molecule has 66 heavy (non-hydrogen) atoms. The van der Waals surface area contributed by atoms with Crippen molar-refractivity contribution in [3.63, 3.8) is 0 Å². The molecule has 0 amide bonds. The van der Waals surface area contributed by atoms with E-state index >= 15 is 0 Å². The van der Waals surface area contributed by atoms with Gasteiger partial charge in [-0.05, 0) is 115 Å². The van der Waals surface area contributed by atoms with Gasteiger partial charge in [-0.1, -0.05) is 221 Å². The highest BCUT2D eigenvalue weighted by Gasteiger charge is 2.48. The van der Waals surface area contributed by atoms with Crippen molar-refractivity contribution in [2.24, 2.45) is 0 Å². The molecular weight excluding hydrogens is 866 g/mol. The molecule has 0 nitrogen and oxygen atoms in total. The van der Waals surface area contributed by atoms with Crippen LogP contribution in [0.25, 0.3) is 0 Å². The fraction of sp³-hybridized carbons (Fsp3) is 0.200. The Morgan fingerprint density at radius 2 is 0.939 bits per heavy atom. The summed E-state index contributed by atoms with van der Waals surface area (Å²) in [5.41, 5.74) is 6.04. The van der Waals surface area contributed by atoms with Crippen LogP contribution >= 0.6 is 30.1 Å². The summed E-state index contributed by atoms with van der Waals surface area (Å²) in [6, 6.07) is 92.0. The summed E-state index contributed by atoms with van der Waals surface area (Å²) >= 11 is 0. The van der Waals surface area contributed by atoms with E-state index < -0.39 is 22.2 Å². The standard InChI is InChI=1S/C30H36B2P2.C30H30P2/c31-33(26-16-7-2-8-17-26)23-13-22-29(33)24-30(25-14-5-1-6-15-25)34(32,27-18-9-3-10-19-27)28-20-11-4-12-21-28;1-5-14-25(15-6-1)30(24-29-22-13-23-31(29)26-16-7-2-8-17-26)32(27-18-9-3-10-19-27)28-20-11-4-12-21-28/h1-12,14-21,29-30H,13,22-24H2,31-32H3;1-12,14-21,29-30H,13,22-24H2. The quantitative estimate of drug-likeness (QED) is 0.0753. The van der Waals surface area contributed by atoms with Crippen molar-refractivity contribution in [1.82, 2.24) is 0 Å². The molecule has 6 unspecified atom stereocenters. The maximum absolute atomic E-state index is 2.49. The summed E-state index contributed by atoms with van der Waals surface area (Å²) < 4.78 is 0. The van der Waals surface area contributed by atoms with Gasteiger partial charge >= 0.3 is 0 Å². The van der Waals surface area contributed by atoms with Crippen molar-refractivity contribution >= 4 is 77.1 Å². The van der Waals surface area contributed by atoms with Crippen molar-refractivity contribution in [3.8, 4) is 0 Å². The van der Waals surface area contributed by atoms with Gasteiger partial charge < -0.3 is 0 Å². The van der Waals surface area contributed by atoms with Crippen LogP contribution in [-0.4, -0.2) is 38.8 Å². The number of hydrogen-bond donors (Lipinski definition) is 0. The van der Waals surface area contributed by atoms with E-state index in [4.69, 9.17) is 0 Å². The molecule has 0 saturated carbocycles. The van der Waals surface area contributed by atoms with E-state index in [1.165, 1.54) is 67.0 Å². The maximum atomic E-state index is 2.49. The first-order valence-electron chi connectivity index (χ1n) is 23.3. The van der Waals surface area contributed by atoms with Gasteiger partial charge in [0.25, 0.3) is 0 Å². The van der Waals surface area contributed by atoms with Crippen LogP contribution in [0.15, 0.2) is 243 Å². The molecule has 10 rings (SSSR count). The van der Waals surface area contributed by atoms with Gasteiger partial charge in [0.1, 0.15) is 15.1 Å². The lowest BCUT2D eigenvalue weighted by Crippen LogP contribution is -2.30. The molecule has 6 atom stereocenters. The van der Waals surface area contributed by atoms with Gasteiger partial charge in [-0.2, -0.15) is 0 Å². The molecule has 2 saturated heterocycles. The van der Waals surface area contributed by atoms with Crippen LogP contribution in [0.2, 0.25) is 0 Å². The smallest absolute Gasteiger partial charge is 0.122 e. The number of hydrogen-bond acceptors (Lipinski definition) is 0. The zero-order chi connectivity index (χ0) is 45.0. The Kier molecular flexibility index (Phi) is 16.0. The second kappa shape index (κ2) is 22.6. The van der Waals surface area contributed by atoms with E-state index in [0.717, 1.165) is 11.3 Å². The zero-order valence-corrected chi connectivity index (χ0v) is 40.4. The van der Waals surface area contributed by atoms with Crippen LogP contribution in [0.5, 0.6) is 0 Å². The zero-order valence-electron chi connectivity index (χ0n) is 36.8. The van der Waals surface area contributed by atoms with Crippen molar-refractivity contribution in [2.45, 2.75) is 61.2 Å². The van der Waals surface area contributed by atoms with Crippen LogP contribution in [0.4, 0.5) is 0 Å². The lowest BCUT2D eigenvalue weighted by atomic mass is 10.1. The molecule has 0 radical (unpaired) electrons. The summed E-state index contributed by atoms with van der Waals surface area (Å²) in [6.07, 6.45) is 11.3. The summed E-state index contributed by atoms with van der Waals surface area (Å²) in [5, 5.41) is 9.64. The summed E-state index contributed by atoms with van der Waals surface area (Å²) in [4.78, 5) is 0. The first kappa shape index (κ1) is 46.7. The van der Waals surface area contributed by atoms with Gasteiger partial charge in [0.15, 0.2) is 0 Å².